The summed E-state index contributed by atoms with van der Waals surface area (Å²) in [4.78, 5) is 16.9. The Morgan fingerprint density at radius 1 is 1.04 bits per heavy atom. The zero-order valence-electron chi connectivity index (χ0n) is 14.3. The van der Waals surface area contributed by atoms with Crippen LogP contribution in [0.3, 0.4) is 0 Å². The Morgan fingerprint density at radius 3 is 2.26 bits per heavy atom. The average molecular weight is 318 g/mol. The van der Waals surface area contributed by atoms with Crippen molar-refractivity contribution in [1.82, 2.24) is 9.80 Å². The monoisotopic (exact) mass is 318 g/mol. The highest BCUT2D eigenvalue weighted by Gasteiger charge is 2.30. The number of rotatable bonds is 4. The van der Waals surface area contributed by atoms with E-state index < -0.39 is 0 Å². The molecule has 5 nitrogen and oxygen atoms in total. The van der Waals surface area contributed by atoms with Crippen LogP contribution < -0.4 is 9.47 Å². The molecule has 0 unspecified atom stereocenters. The van der Waals surface area contributed by atoms with Crippen molar-refractivity contribution in [2.75, 3.05) is 33.9 Å². The summed E-state index contributed by atoms with van der Waals surface area (Å²) in [6.07, 6.45) is 3.21. The second-order valence-electron chi connectivity index (χ2n) is 6.40. The third-order valence-electron chi connectivity index (χ3n) is 5.07. The highest BCUT2D eigenvalue weighted by molar-refractivity contribution is 5.81. The number of benzene rings is 1. The van der Waals surface area contributed by atoms with E-state index in [1.54, 1.807) is 14.2 Å². The van der Waals surface area contributed by atoms with Crippen LogP contribution in [0.5, 0.6) is 11.5 Å². The molecule has 0 radical (unpaired) electrons. The lowest BCUT2D eigenvalue weighted by atomic mass is 9.97. The van der Waals surface area contributed by atoms with Crippen molar-refractivity contribution in [3.05, 3.63) is 23.3 Å². The Kier molecular flexibility index (Phi) is 4.76. The molecule has 2 aliphatic heterocycles. The third kappa shape index (κ3) is 3.15. The number of methoxy groups -OCH3 is 2. The van der Waals surface area contributed by atoms with Gasteiger partial charge in [0.05, 0.1) is 20.3 Å². The molecule has 0 spiro atoms. The van der Waals surface area contributed by atoms with E-state index in [9.17, 15) is 4.79 Å². The maximum atomic E-state index is 12.6. The Labute approximate surface area is 138 Å². The number of hydrogen-bond acceptors (Lipinski definition) is 4. The van der Waals surface area contributed by atoms with Gasteiger partial charge in [0.15, 0.2) is 11.5 Å². The van der Waals surface area contributed by atoms with Crippen LogP contribution in [0.1, 0.15) is 30.9 Å². The lowest BCUT2D eigenvalue weighted by Crippen LogP contribution is -2.47. The smallest absolute Gasteiger partial charge is 0.239 e. The van der Waals surface area contributed by atoms with Crippen molar-refractivity contribution in [1.29, 1.82) is 0 Å². The summed E-state index contributed by atoms with van der Waals surface area (Å²) in [6, 6.07) is 4.06. The Hall–Kier alpha value is -1.75. The van der Waals surface area contributed by atoms with Crippen molar-refractivity contribution >= 4 is 5.91 Å². The molecule has 0 aliphatic carbocycles. The zero-order valence-corrected chi connectivity index (χ0v) is 14.3. The fourth-order valence-corrected chi connectivity index (χ4v) is 3.59. The highest BCUT2D eigenvalue weighted by Crippen LogP contribution is 2.33. The molecule has 0 bridgehead atoms. The largest absolute Gasteiger partial charge is 0.493 e. The standard InChI is InChI=1S/C18H26N2O3/c1-13(18(21)19-7-4-5-8-19)20-9-6-14-10-16(22-2)17(23-3)11-15(14)12-20/h10-11,13H,4-9,12H2,1-3H3/t13-/m0/s1. The SMILES string of the molecule is COc1cc2c(cc1OC)CN([C@@H](C)C(=O)N1CCCC1)CC2. The van der Waals surface area contributed by atoms with E-state index in [0.29, 0.717) is 0 Å². The molecule has 1 amide bonds. The topological polar surface area (TPSA) is 42.0 Å². The summed E-state index contributed by atoms with van der Waals surface area (Å²) >= 11 is 0. The van der Waals surface area contributed by atoms with E-state index >= 15 is 0 Å². The molecular formula is C18H26N2O3. The van der Waals surface area contributed by atoms with E-state index in [1.807, 2.05) is 17.9 Å². The summed E-state index contributed by atoms with van der Waals surface area (Å²) in [6.45, 7) is 5.56. The summed E-state index contributed by atoms with van der Waals surface area (Å²) in [5, 5.41) is 0. The van der Waals surface area contributed by atoms with E-state index in [-0.39, 0.29) is 11.9 Å². The van der Waals surface area contributed by atoms with Crippen LogP contribution in [-0.4, -0.2) is 55.6 Å². The van der Waals surface area contributed by atoms with Crippen molar-refractivity contribution in [3.63, 3.8) is 0 Å². The van der Waals surface area contributed by atoms with Gasteiger partial charge in [-0.3, -0.25) is 9.69 Å². The number of likely N-dealkylation sites (tertiary alicyclic amines) is 1. The summed E-state index contributed by atoms with van der Waals surface area (Å²) in [7, 11) is 3.32. The van der Waals surface area contributed by atoms with Crippen molar-refractivity contribution in [3.8, 4) is 11.5 Å². The number of hydrogen-bond donors (Lipinski definition) is 0. The van der Waals surface area contributed by atoms with Crippen LogP contribution in [0.2, 0.25) is 0 Å². The minimum atomic E-state index is -0.0608. The number of fused-ring (bicyclic) bond motifs is 1. The lowest BCUT2D eigenvalue weighted by molar-refractivity contribution is -0.135. The molecule has 1 atom stereocenters. The predicted molar refractivity (Wildman–Crippen MR) is 88.9 cm³/mol. The molecule has 23 heavy (non-hydrogen) atoms. The van der Waals surface area contributed by atoms with Gasteiger partial charge < -0.3 is 14.4 Å². The molecule has 3 rings (SSSR count). The number of amides is 1. The van der Waals surface area contributed by atoms with E-state index in [0.717, 1.165) is 56.9 Å². The number of carbonyl (C=O) groups is 1. The highest BCUT2D eigenvalue weighted by atomic mass is 16.5. The second-order valence-corrected chi connectivity index (χ2v) is 6.40. The molecule has 1 aromatic rings. The van der Waals surface area contributed by atoms with Gasteiger partial charge in [-0.05, 0) is 49.4 Å². The fourth-order valence-electron chi connectivity index (χ4n) is 3.59. The zero-order chi connectivity index (χ0) is 16.4. The summed E-state index contributed by atoms with van der Waals surface area (Å²) < 4.78 is 10.8. The number of ether oxygens (including phenoxy) is 2. The Morgan fingerprint density at radius 2 is 1.65 bits per heavy atom. The first-order chi connectivity index (χ1) is 11.1. The van der Waals surface area contributed by atoms with Gasteiger partial charge in [0.2, 0.25) is 5.91 Å². The minimum absolute atomic E-state index is 0.0608. The molecular weight excluding hydrogens is 292 g/mol. The van der Waals surface area contributed by atoms with Crippen LogP contribution in [0, 0.1) is 0 Å². The average Bonchev–Trinajstić information content (AvgIpc) is 3.13. The molecule has 126 valence electrons. The lowest BCUT2D eigenvalue weighted by Gasteiger charge is -2.35. The third-order valence-corrected chi connectivity index (χ3v) is 5.07. The van der Waals surface area contributed by atoms with Crippen LogP contribution >= 0.6 is 0 Å². The van der Waals surface area contributed by atoms with Crippen molar-refractivity contribution in [2.24, 2.45) is 0 Å². The molecule has 2 heterocycles. The first-order valence-electron chi connectivity index (χ1n) is 8.40. The molecule has 0 saturated carbocycles. The molecule has 2 aliphatic rings. The van der Waals surface area contributed by atoms with Gasteiger partial charge in [-0.1, -0.05) is 0 Å². The summed E-state index contributed by atoms with van der Waals surface area (Å²) in [5.41, 5.74) is 2.52. The number of nitrogens with zero attached hydrogens (tertiary/aromatic N) is 2. The second kappa shape index (κ2) is 6.79. The van der Waals surface area contributed by atoms with E-state index in [1.165, 1.54) is 11.1 Å². The van der Waals surface area contributed by atoms with Gasteiger partial charge in [-0.2, -0.15) is 0 Å². The predicted octanol–water partition coefficient (Wildman–Crippen LogP) is 2.07. The quantitative estimate of drug-likeness (QED) is 0.852. The maximum absolute atomic E-state index is 12.6. The van der Waals surface area contributed by atoms with Crippen molar-refractivity contribution in [2.45, 2.75) is 38.8 Å². The van der Waals surface area contributed by atoms with Gasteiger partial charge in [0.25, 0.3) is 0 Å². The normalized spacial score (nSPS) is 19.3. The minimum Gasteiger partial charge on any atom is -0.493 e. The first-order valence-corrected chi connectivity index (χ1v) is 8.40. The summed E-state index contributed by atoms with van der Waals surface area (Å²) in [5.74, 6) is 1.80. The number of carbonyl (C=O) groups excluding carboxylic acids is 1. The molecule has 0 aromatic heterocycles. The molecule has 0 N–H and O–H groups in total. The fraction of sp³-hybridized carbons (Fsp3) is 0.611. The van der Waals surface area contributed by atoms with Gasteiger partial charge in [0.1, 0.15) is 0 Å². The van der Waals surface area contributed by atoms with Crippen molar-refractivity contribution < 1.29 is 14.3 Å². The van der Waals surface area contributed by atoms with E-state index in [4.69, 9.17) is 9.47 Å². The van der Waals surface area contributed by atoms with Gasteiger partial charge in [-0.25, -0.2) is 0 Å². The van der Waals surface area contributed by atoms with Crippen LogP contribution in [0.4, 0.5) is 0 Å². The first kappa shape index (κ1) is 16.1. The molecule has 1 saturated heterocycles. The van der Waals surface area contributed by atoms with Gasteiger partial charge in [-0.15, -0.1) is 0 Å². The Balaban J connectivity index is 1.75. The van der Waals surface area contributed by atoms with Gasteiger partial charge in [0, 0.05) is 26.2 Å². The molecule has 5 heteroatoms. The maximum Gasteiger partial charge on any atom is 0.239 e. The van der Waals surface area contributed by atoms with E-state index in [2.05, 4.69) is 11.0 Å². The molecule has 1 fully saturated rings. The van der Waals surface area contributed by atoms with Crippen LogP contribution in [0.15, 0.2) is 12.1 Å². The van der Waals surface area contributed by atoms with Crippen LogP contribution in [0.25, 0.3) is 0 Å². The van der Waals surface area contributed by atoms with Gasteiger partial charge >= 0.3 is 0 Å². The Bertz CT molecular complexity index is 582. The molecule has 1 aromatic carbocycles. The van der Waals surface area contributed by atoms with Crippen LogP contribution in [-0.2, 0) is 17.8 Å².